The van der Waals surface area contributed by atoms with E-state index in [1.807, 2.05) is 16.7 Å². The molecule has 0 atom stereocenters. The van der Waals surface area contributed by atoms with Crippen LogP contribution in [0.5, 0.6) is 0 Å². The number of nitriles is 1. The van der Waals surface area contributed by atoms with Crippen LogP contribution in [0.3, 0.4) is 0 Å². The van der Waals surface area contributed by atoms with Gasteiger partial charge in [-0.1, -0.05) is 12.1 Å². The zero-order valence-electron chi connectivity index (χ0n) is 16.6. The van der Waals surface area contributed by atoms with Gasteiger partial charge in [-0.05, 0) is 41.5 Å². The van der Waals surface area contributed by atoms with Crippen molar-refractivity contribution in [2.24, 2.45) is 0 Å². The first-order valence-electron chi connectivity index (χ1n) is 9.57. The molecular formula is C23H16F3N5O. The molecule has 0 unspecified atom stereocenters. The Labute approximate surface area is 180 Å². The largest absolute Gasteiger partial charge is 0.419 e. The van der Waals surface area contributed by atoms with Crippen LogP contribution in [0.1, 0.15) is 27.9 Å². The predicted molar refractivity (Wildman–Crippen MR) is 110 cm³/mol. The maximum atomic E-state index is 13.3. The van der Waals surface area contributed by atoms with Gasteiger partial charge in [-0.25, -0.2) is 9.97 Å². The summed E-state index contributed by atoms with van der Waals surface area (Å²) in [5.74, 6) is -0.458. The van der Waals surface area contributed by atoms with Gasteiger partial charge in [0.25, 0.3) is 5.56 Å². The maximum absolute atomic E-state index is 13.3. The van der Waals surface area contributed by atoms with Crippen molar-refractivity contribution < 1.29 is 13.2 Å². The molecule has 0 N–H and O–H groups in total. The molecule has 0 radical (unpaired) electrons. The highest BCUT2D eigenvalue weighted by atomic mass is 19.4. The minimum Gasteiger partial charge on any atom is -0.330 e. The smallest absolute Gasteiger partial charge is 0.330 e. The summed E-state index contributed by atoms with van der Waals surface area (Å²) < 4.78 is 42.6. The first-order valence-corrected chi connectivity index (χ1v) is 9.57. The molecular weight excluding hydrogens is 419 g/mol. The molecule has 0 fully saturated rings. The van der Waals surface area contributed by atoms with Crippen LogP contribution < -0.4 is 5.56 Å². The van der Waals surface area contributed by atoms with Crippen LogP contribution in [0, 0.1) is 11.3 Å². The van der Waals surface area contributed by atoms with Gasteiger partial charge in [-0.3, -0.25) is 9.36 Å². The number of imidazole rings is 1. The topological polar surface area (TPSA) is 76.5 Å². The molecule has 0 amide bonds. The van der Waals surface area contributed by atoms with Crippen molar-refractivity contribution in [1.82, 2.24) is 19.1 Å². The van der Waals surface area contributed by atoms with Crippen molar-refractivity contribution >= 4 is 0 Å². The SMILES string of the molecule is N#Cc1ccc(Cc2cncn2Cc2ccn(-c3ncccc3C(F)(F)F)c(=O)c2)cc1. The summed E-state index contributed by atoms with van der Waals surface area (Å²) in [7, 11) is 0. The van der Waals surface area contributed by atoms with Gasteiger partial charge >= 0.3 is 6.18 Å². The second-order valence-corrected chi connectivity index (χ2v) is 7.11. The predicted octanol–water partition coefficient (Wildman–Crippen LogP) is 3.96. The molecule has 9 heteroatoms. The molecule has 0 spiro atoms. The standard InChI is InChI=1S/C23H16F3N5O/c24-23(25,26)20-2-1-8-29-22(20)31-9-7-18(11-21(31)32)14-30-15-28-13-19(30)10-16-3-5-17(12-27)6-4-16/h1-9,11,13,15H,10,14H2. The number of hydrogen-bond donors (Lipinski definition) is 0. The van der Waals surface area contributed by atoms with E-state index in [0.29, 0.717) is 24.1 Å². The summed E-state index contributed by atoms with van der Waals surface area (Å²) in [5, 5.41) is 8.91. The number of aromatic nitrogens is 4. The molecule has 1 aromatic carbocycles. The average molecular weight is 435 g/mol. The molecule has 0 saturated heterocycles. The van der Waals surface area contributed by atoms with Crippen molar-refractivity contribution in [1.29, 1.82) is 5.26 Å². The van der Waals surface area contributed by atoms with E-state index in [2.05, 4.69) is 16.0 Å². The number of benzene rings is 1. The van der Waals surface area contributed by atoms with Crippen molar-refractivity contribution in [3.63, 3.8) is 0 Å². The molecule has 3 aromatic heterocycles. The van der Waals surface area contributed by atoms with Gasteiger partial charge in [-0.2, -0.15) is 18.4 Å². The van der Waals surface area contributed by atoms with Gasteiger partial charge in [-0.15, -0.1) is 0 Å². The normalized spacial score (nSPS) is 11.3. The summed E-state index contributed by atoms with van der Waals surface area (Å²) in [6.07, 6.45) is 1.80. The van der Waals surface area contributed by atoms with Crippen molar-refractivity contribution in [3.05, 3.63) is 112 Å². The van der Waals surface area contributed by atoms with Crippen LogP contribution in [-0.4, -0.2) is 19.1 Å². The van der Waals surface area contributed by atoms with Gasteiger partial charge in [0.15, 0.2) is 5.82 Å². The minimum atomic E-state index is -4.63. The molecule has 0 saturated carbocycles. The van der Waals surface area contributed by atoms with Crippen LogP contribution in [0.15, 0.2) is 78.2 Å². The minimum absolute atomic E-state index is 0.329. The number of hydrogen-bond acceptors (Lipinski definition) is 4. The summed E-state index contributed by atoms with van der Waals surface area (Å²) in [6, 6.07) is 14.2. The Balaban J connectivity index is 1.58. The van der Waals surface area contributed by atoms with Crippen LogP contribution in [0.4, 0.5) is 13.2 Å². The highest BCUT2D eigenvalue weighted by Crippen LogP contribution is 2.32. The number of nitrogens with zero attached hydrogens (tertiary/aromatic N) is 5. The van der Waals surface area contributed by atoms with E-state index in [-0.39, 0.29) is 0 Å². The van der Waals surface area contributed by atoms with E-state index >= 15 is 0 Å². The van der Waals surface area contributed by atoms with E-state index in [0.717, 1.165) is 21.9 Å². The fourth-order valence-electron chi connectivity index (χ4n) is 3.34. The Morgan fingerprint density at radius 3 is 2.53 bits per heavy atom. The van der Waals surface area contributed by atoms with E-state index in [9.17, 15) is 18.0 Å². The lowest BCUT2D eigenvalue weighted by Crippen LogP contribution is -2.22. The van der Waals surface area contributed by atoms with Crippen molar-refractivity contribution in [2.75, 3.05) is 0 Å². The lowest BCUT2D eigenvalue weighted by atomic mass is 10.1. The van der Waals surface area contributed by atoms with Crippen LogP contribution in [-0.2, 0) is 19.1 Å². The van der Waals surface area contributed by atoms with E-state index in [1.165, 1.54) is 24.5 Å². The lowest BCUT2D eigenvalue weighted by Gasteiger charge is -2.14. The van der Waals surface area contributed by atoms with Crippen molar-refractivity contribution in [3.8, 4) is 11.9 Å². The highest BCUT2D eigenvalue weighted by Gasteiger charge is 2.34. The van der Waals surface area contributed by atoms with Crippen LogP contribution in [0.2, 0.25) is 0 Å². The lowest BCUT2D eigenvalue weighted by molar-refractivity contribution is -0.137. The summed E-state index contributed by atoms with van der Waals surface area (Å²) in [6.45, 7) is 0.329. The second-order valence-electron chi connectivity index (χ2n) is 7.11. The Hall–Kier alpha value is -4.19. The fourth-order valence-corrected chi connectivity index (χ4v) is 3.34. The molecule has 0 aliphatic carbocycles. The number of alkyl halides is 3. The number of rotatable bonds is 5. The summed E-state index contributed by atoms with van der Waals surface area (Å²) >= 11 is 0. The molecule has 0 aliphatic heterocycles. The Morgan fingerprint density at radius 1 is 1.06 bits per heavy atom. The summed E-state index contributed by atoms with van der Waals surface area (Å²) in [4.78, 5) is 20.5. The second kappa shape index (κ2) is 8.51. The molecule has 3 heterocycles. The zero-order valence-corrected chi connectivity index (χ0v) is 16.6. The molecule has 160 valence electrons. The molecule has 4 aromatic rings. The fraction of sp³-hybridized carbons (Fsp3) is 0.130. The Bertz CT molecular complexity index is 1350. The first-order chi connectivity index (χ1) is 15.3. The maximum Gasteiger partial charge on any atom is 0.419 e. The van der Waals surface area contributed by atoms with E-state index in [1.54, 1.807) is 30.7 Å². The number of halogens is 3. The van der Waals surface area contributed by atoms with E-state index in [4.69, 9.17) is 5.26 Å². The Kier molecular flexibility index (Phi) is 5.60. The van der Waals surface area contributed by atoms with Crippen LogP contribution >= 0.6 is 0 Å². The van der Waals surface area contributed by atoms with Crippen molar-refractivity contribution in [2.45, 2.75) is 19.1 Å². The first kappa shape index (κ1) is 21.1. The molecule has 0 bridgehead atoms. The van der Waals surface area contributed by atoms with E-state index < -0.39 is 23.1 Å². The van der Waals surface area contributed by atoms with Gasteiger partial charge in [0, 0.05) is 43.3 Å². The van der Waals surface area contributed by atoms with Gasteiger partial charge in [0.1, 0.15) is 0 Å². The monoisotopic (exact) mass is 435 g/mol. The summed E-state index contributed by atoms with van der Waals surface area (Å²) in [5.41, 5.74) is 1.49. The quantitative estimate of drug-likeness (QED) is 0.476. The zero-order chi connectivity index (χ0) is 22.7. The highest BCUT2D eigenvalue weighted by molar-refractivity contribution is 5.37. The molecule has 32 heavy (non-hydrogen) atoms. The van der Waals surface area contributed by atoms with Gasteiger partial charge in [0.05, 0.1) is 23.5 Å². The molecule has 4 rings (SSSR count). The molecule has 6 nitrogen and oxygen atoms in total. The van der Waals surface area contributed by atoms with Crippen LogP contribution in [0.25, 0.3) is 5.82 Å². The third kappa shape index (κ3) is 4.44. The Morgan fingerprint density at radius 2 is 1.84 bits per heavy atom. The average Bonchev–Trinajstić information content (AvgIpc) is 3.20. The van der Waals surface area contributed by atoms with Gasteiger partial charge < -0.3 is 4.57 Å². The van der Waals surface area contributed by atoms with Gasteiger partial charge in [0.2, 0.25) is 0 Å². The third-order valence-electron chi connectivity index (χ3n) is 4.92. The number of pyridine rings is 2. The third-order valence-corrected chi connectivity index (χ3v) is 4.92. The molecule has 0 aliphatic rings.